The zero-order valence-corrected chi connectivity index (χ0v) is 13.6. The third kappa shape index (κ3) is 4.66. The molecule has 1 amide bonds. The first kappa shape index (κ1) is 16.7. The van der Waals surface area contributed by atoms with Crippen LogP contribution >= 0.6 is 0 Å². The van der Waals surface area contributed by atoms with Crippen molar-refractivity contribution in [3.8, 4) is 0 Å². The second-order valence-corrected chi connectivity index (χ2v) is 6.23. The second kappa shape index (κ2) is 8.71. The predicted octanol–water partition coefficient (Wildman–Crippen LogP) is 0.849. The van der Waals surface area contributed by atoms with Gasteiger partial charge in [-0.3, -0.25) is 9.69 Å². The van der Waals surface area contributed by atoms with Crippen LogP contribution < -0.4 is 10.6 Å². The van der Waals surface area contributed by atoms with Gasteiger partial charge in [0.2, 0.25) is 5.91 Å². The van der Waals surface area contributed by atoms with Gasteiger partial charge >= 0.3 is 0 Å². The highest BCUT2D eigenvalue weighted by molar-refractivity contribution is 5.79. The van der Waals surface area contributed by atoms with Gasteiger partial charge < -0.3 is 15.4 Å². The summed E-state index contributed by atoms with van der Waals surface area (Å²) >= 11 is 0. The summed E-state index contributed by atoms with van der Waals surface area (Å²) in [6.45, 7) is 10.7. The first-order valence-electron chi connectivity index (χ1n) is 8.56. The smallest absolute Gasteiger partial charge is 0.224 e. The molecule has 2 N–H and O–H groups in total. The van der Waals surface area contributed by atoms with E-state index in [1.807, 2.05) is 0 Å². The lowest BCUT2D eigenvalue weighted by Crippen LogP contribution is -2.52. The van der Waals surface area contributed by atoms with E-state index in [0.717, 1.165) is 52.4 Å². The molecule has 2 unspecified atom stereocenters. The Bertz CT molecular complexity index is 309. The van der Waals surface area contributed by atoms with E-state index in [1.54, 1.807) is 0 Å². The number of carbonyl (C=O) groups is 1. The van der Waals surface area contributed by atoms with Crippen LogP contribution in [0.5, 0.6) is 0 Å². The number of amides is 1. The topological polar surface area (TPSA) is 53.6 Å². The number of ether oxygens (including phenoxy) is 1. The molecule has 0 bridgehead atoms. The summed E-state index contributed by atoms with van der Waals surface area (Å²) in [6, 6.07) is 0.446. The van der Waals surface area contributed by atoms with Crippen molar-refractivity contribution in [2.75, 3.05) is 45.9 Å². The van der Waals surface area contributed by atoms with E-state index < -0.39 is 0 Å². The number of rotatable bonds is 7. The Labute approximate surface area is 128 Å². The molecule has 0 radical (unpaired) electrons. The summed E-state index contributed by atoms with van der Waals surface area (Å²) < 4.78 is 5.47. The minimum atomic E-state index is 0.164. The van der Waals surface area contributed by atoms with Gasteiger partial charge in [-0.1, -0.05) is 26.7 Å². The molecule has 5 nitrogen and oxygen atoms in total. The van der Waals surface area contributed by atoms with Crippen molar-refractivity contribution in [3.05, 3.63) is 0 Å². The van der Waals surface area contributed by atoms with Crippen molar-refractivity contribution < 1.29 is 9.53 Å². The summed E-state index contributed by atoms with van der Waals surface area (Å²) in [4.78, 5) is 14.7. The Hall–Kier alpha value is -0.650. The Balaban J connectivity index is 1.89. The molecule has 0 aromatic rings. The normalized spacial score (nSPS) is 25.2. The number of morpholine rings is 1. The first-order chi connectivity index (χ1) is 10.3. The van der Waals surface area contributed by atoms with E-state index in [-0.39, 0.29) is 11.8 Å². The second-order valence-electron chi connectivity index (χ2n) is 6.23. The number of hydrogen-bond acceptors (Lipinski definition) is 4. The quantitative estimate of drug-likeness (QED) is 0.731. The molecular weight excluding hydrogens is 266 g/mol. The largest absolute Gasteiger partial charge is 0.379 e. The summed E-state index contributed by atoms with van der Waals surface area (Å²) in [7, 11) is 0. The highest BCUT2D eigenvalue weighted by atomic mass is 16.5. The average molecular weight is 297 g/mol. The molecule has 2 atom stereocenters. The Morgan fingerprint density at radius 1 is 1.33 bits per heavy atom. The van der Waals surface area contributed by atoms with Crippen LogP contribution in [0, 0.1) is 11.8 Å². The minimum absolute atomic E-state index is 0.164. The first-order valence-corrected chi connectivity index (χ1v) is 8.56. The predicted molar refractivity (Wildman–Crippen MR) is 84.2 cm³/mol. The SMILES string of the molecule is CCC(CC)C(CNC(=O)C1CCNC1)N1CCOCC1. The molecule has 0 aliphatic carbocycles. The van der Waals surface area contributed by atoms with Crippen LogP contribution in [0.25, 0.3) is 0 Å². The molecule has 2 rings (SSSR count). The van der Waals surface area contributed by atoms with Crippen LogP contribution in [0.2, 0.25) is 0 Å². The highest BCUT2D eigenvalue weighted by Crippen LogP contribution is 2.20. The van der Waals surface area contributed by atoms with E-state index in [1.165, 1.54) is 12.8 Å². The number of carbonyl (C=O) groups excluding carboxylic acids is 1. The van der Waals surface area contributed by atoms with E-state index in [4.69, 9.17) is 4.74 Å². The standard InChI is InChI=1S/C16H31N3O2/c1-3-13(4-2)15(19-7-9-21-10-8-19)12-18-16(20)14-5-6-17-11-14/h13-15,17H,3-12H2,1-2H3,(H,18,20). The highest BCUT2D eigenvalue weighted by Gasteiger charge is 2.29. The molecule has 0 aromatic heterocycles. The Morgan fingerprint density at radius 2 is 2.05 bits per heavy atom. The molecule has 2 fully saturated rings. The Kier molecular flexibility index (Phi) is 6.93. The number of nitrogens with zero attached hydrogens (tertiary/aromatic N) is 1. The molecular formula is C16H31N3O2. The summed E-state index contributed by atoms with van der Waals surface area (Å²) in [5, 5.41) is 6.47. The lowest BCUT2D eigenvalue weighted by Gasteiger charge is -2.39. The number of hydrogen-bond donors (Lipinski definition) is 2. The molecule has 2 heterocycles. The summed E-state index contributed by atoms with van der Waals surface area (Å²) in [5.74, 6) is 1.03. The van der Waals surface area contributed by atoms with Crippen molar-refractivity contribution in [3.63, 3.8) is 0 Å². The zero-order valence-electron chi connectivity index (χ0n) is 13.6. The van der Waals surface area contributed by atoms with Gasteiger partial charge in [0.15, 0.2) is 0 Å². The third-order valence-electron chi connectivity index (χ3n) is 5.02. The van der Waals surface area contributed by atoms with E-state index >= 15 is 0 Å². The van der Waals surface area contributed by atoms with Gasteiger partial charge in [0.25, 0.3) is 0 Å². The molecule has 2 saturated heterocycles. The molecule has 21 heavy (non-hydrogen) atoms. The number of nitrogens with one attached hydrogen (secondary N) is 2. The average Bonchev–Trinajstić information content (AvgIpc) is 3.06. The summed E-state index contributed by atoms with van der Waals surface area (Å²) in [5.41, 5.74) is 0. The van der Waals surface area contributed by atoms with E-state index in [9.17, 15) is 4.79 Å². The van der Waals surface area contributed by atoms with Crippen LogP contribution in [0.3, 0.4) is 0 Å². The molecule has 0 spiro atoms. The summed E-state index contributed by atoms with van der Waals surface area (Å²) in [6.07, 6.45) is 3.30. The van der Waals surface area contributed by atoms with Gasteiger partial charge in [0.1, 0.15) is 0 Å². The van der Waals surface area contributed by atoms with Crippen LogP contribution in [-0.4, -0.2) is 62.8 Å². The molecule has 0 saturated carbocycles. The molecule has 122 valence electrons. The fourth-order valence-electron chi connectivity index (χ4n) is 3.56. The minimum Gasteiger partial charge on any atom is -0.379 e. The van der Waals surface area contributed by atoms with Gasteiger partial charge in [-0.25, -0.2) is 0 Å². The maximum atomic E-state index is 12.2. The molecule has 0 aromatic carbocycles. The fourth-order valence-corrected chi connectivity index (χ4v) is 3.56. The fraction of sp³-hybridized carbons (Fsp3) is 0.938. The van der Waals surface area contributed by atoms with Gasteiger partial charge in [0.05, 0.1) is 19.1 Å². The lowest BCUT2D eigenvalue weighted by molar-refractivity contribution is -0.124. The van der Waals surface area contributed by atoms with E-state index in [0.29, 0.717) is 12.0 Å². The third-order valence-corrected chi connectivity index (χ3v) is 5.02. The van der Waals surface area contributed by atoms with Crippen LogP contribution in [0.4, 0.5) is 0 Å². The van der Waals surface area contributed by atoms with Crippen LogP contribution in [-0.2, 0) is 9.53 Å². The molecule has 5 heteroatoms. The van der Waals surface area contributed by atoms with Gasteiger partial charge in [-0.2, -0.15) is 0 Å². The van der Waals surface area contributed by atoms with Gasteiger partial charge in [-0.05, 0) is 18.9 Å². The Morgan fingerprint density at radius 3 is 2.62 bits per heavy atom. The maximum Gasteiger partial charge on any atom is 0.224 e. The monoisotopic (exact) mass is 297 g/mol. The van der Waals surface area contributed by atoms with Crippen molar-refractivity contribution >= 4 is 5.91 Å². The zero-order chi connectivity index (χ0) is 15.1. The van der Waals surface area contributed by atoms with Crippen molar-refractivity contribution in [2.45, 2.75) is 39.2 Å². The van der Waals surface area contributed by atoms with Gasteiger partial charge in [-0.15, -0.1) is 0 Å². The van der Waals surface area contributed by atoms with Crippen molar-refractivity contribution in [2.24, 2.45) is 11.8 Å². The van der Waals surface area contributed by atoms with Crippen molar-refractivity contribution in [1.29, 1.82) is 0 Å². The van der Waals surface area contributed by atoms with Crippen molar-refractivity contribution in [1.82, 2.24) is 15.5 Å². The lowest BCUT2D eigenvalue weighted by atomic mass is 9.92. The van der Waals surface area contributed by atoms with Crippen LogP contribution in [0.1, 0.15) is 33.1 Å². The van der Waals surface area contributed by atoms with Crippen LogP contribution in [0.15, 0.2) is 0 Å². The molecule has 2 aliphatic heterocycles. The van der Waals surface area contributed by atoms with E-state index in [2.05, 4.69) is 29.4 Å². The van der Waals surface area contributed by atoms with Gasteiger partial charge in [0, 0.05) is 32.2 Å². The molecule has 2 aliphatic rings. The maximum absolute atomic E-state index is 12.2.